The van der Waals surface area contributed by atoms with Gasteiger partial charge in [0.1, 0.15) is 5.69 Å². The van der Waals surface area contributed by atoms with Crippen molar-refractivity contribution in [3.63, 3.8) is 0 Å². The Labute approximate surface area is 133 Å². The summed E-state index contributed by atoms with van der Waals surface area (Å²) in [6.45, 7) is 2.81. The van der Waals surface area contributed by atoms with Gasteiger partial charge >= 0.3 is 0 Å². The van der Waals surface area contributed by atoms with Crippen molar-refractivity contribution in [1.82, 2.24) is 19.8 Å². The first-order chi connectivity index (χ1) is 10.8. The molecule has 0 aromatic carbocycles. The Bertz CT molecular complexity index is 645. The molecule has 2 aliphatic rings. The molecule has 0 aliphatic carbocycles. The second-order valence-electron chi connectivity index (χ2n) is 5.92. The van der Waals surface area contributed by atoms with Gasteiger partial charge in [0.2, 0.25) is 0 Å². The van der Waals surface area contributed by atoms with Gasteiger partial charge in [-0.2, -0.15) is 0 Å². The Morgan fingerprint density at radius 2 is 2.23 bits per heavy atom. The van der Waals surface area contributed by atoms with Crippen LogP contribution in [0.4, 0.5) is 0 Å². The smallest absolute Gasteiger partial charge is 0.273 e. The summed E-state index contributed by atoms with van der Waals surface area (Å²) in [5.41, 5.74) is 3.56. The number of carbonyl (C=O) groups is 1. The van der Waals surface area contributed by atoms with E-state index in [0.717, 1.165) is 32.5 Å². The number of thiazole rings is 1. The zero-order chi connectivity index (χ0) is 14.9. The van der Waals surface area contributed by atoms with Crippen LogP contribution in [0, 0.1) is 0 Å². The van der Waals surface area contributed by atoms with Gasteiger partial charge in [-0.25, -0.2) is 4.98 Å². The van der Waals surface area contributed by atoms with Crippen LogP contribution in [-0.2, 0) is 6.54 Å². The van der Waals surface area contributed by atoms with Crippen molar-refractivity contribution in [2.24, 2.45) is 0 Å². The number of carbonyl (C=O) groups excluding carboxylic acids is 1. The second kappa shape index (κ2) is 5.78. The Morgan fingerprint density at radius 1 is 1.32 bits per heavy atom. The van der Waals surface area contributed by atoms with Crippen molar-refractivity contribution >= 4 is 17.2 Å². The Balaban J connectivity index is 1.46. The van der Waals surface area contributed by atoms with Crippen LogP contribution in [0.5, 0.6) is 0 Å². The summed E-state index contributed by atoms with van der Waals surface area (Å²) in [6.07, 6.45) is 5.85. The highest BCUT2D eigenvalue weighted by molar-refractivity contribution is 7.07. The van der Waals surface area contributed by atoms with Gasteiger partial charge in [0.25, 0.3) is 5.91 Å². The van der Waals surface area contributed by atoms with Crippen LogP contribution in [0.3, 0.4) is 0 Å². The number of hydrogen-bond donors (Lipinski definition) is 0. The highest BCUT2D eigenvalue weighted by Crippen LogP contribution is 2.33. The Kier molecular flexibility index (Phi) is 3.63. The third-order valence-corrected chi connectivity index (χ3v) is 5.30. The van der Waals surface area contributed by atoms with E-state index < -0.39 is 0 Å². The number of aromatic nitrogens is 2. The van der Waals surface area contributed by atoms with Crippen molar-refractivity contribution in [3.05, 3.63) is 46.7 Å². The van der Waals surface area contributed by atoms with Crippen molar-refractivity contribution in [3.8, 4) is 0 Å². The molecule has 2 saturated heterocycles. The van der Waals surface area contributed by atoms with Gasteiger partial charge in [-0.15, -0.1) is 11.3 Å². The maximum absolute atomic E-state index is 12.6. The van der Waals surface area contributed by atoms with Gasteiger partial charge in [0.15, 0.2) is 0 Å². The van der Waals surface area contributed by atoms with E-state index >= 15 is 0 Å². The van der Waals surface area contributed by atoms with Gasteiger partial charge < -0.3 is 4.90 Å². The fourth-order valence-electron chi connectivity index (χ4n) is 3.72. The highest BCUT2D eigenvalue weighted by atomic mass is 32.1. The van der Waals surface area contributed by atoms with Crippen LogP contribution in [0.15, 0.2) is 35.4 Å². The van der Waals surface area contributed by atoms with E-state index in [1.165, 1.54) is 16.9 Å². The standard InChI is InChI=1S/C16H18N4OS/c21-16(13-10-22-11-18-13)20-7-4-14-15(20)3-6-19(14)9-12-2-1-5-17-8-12/h1-2,5,8,10-11,14-15H,3-4,6-7,9H2/t14-,15+/m1/s1. The SMILES string of the molecule is O=C(c1cscn1)N1CC[C@@H]2[C@@H]1CCN2Cc1cccnc1. The van der Waals surface area contributed by atoms with Gasteiger partial charge in [0, 0.05) is 49.5 Å². The van der Waals surface area contributed by atoms with E-state index in [-0.39, 0.29) is 5.91 Å². The van der Waals surface area contributed by atoms with Crippen LogP contribution >= 0.6 is 11.3 Å². The molecule has 114 valence electrons. The largest absolute Gasteiger partial charge is 0.333 e. The summed E-state index contributed by atoms with van der Waals surface area (Å²) >= 11 is 1.48. The number of likely N-dealkylation sites (tertiary alicyclic amines) is 2. The molecule has 0 saturated carbocycles. The lowest BCUT2D eigenvalue weighted by Gasteiger charge is -2.25. The van der Waals surface area contributed by atoms with Crippen molar-refractivity contribution < 1.29 is 4.79 Å². The minimum atomic E-state index is 0.0944. The van der Waals surface area contributed by atoms with Crippen LogP contribution < -0.4 is 0 Å². The van der Waals surface area contributed by atoms with Crippen LogP contribution in [0.25, 0.3) is 0 Å². The predicted octanol–water partition coefficient (Wildman–Crippen LogP) is 2.03. The Hall–Kier alpha value is -1.79. The highest BCUT2D eigenvalue weighted by Gasteiger charge is 2.44. The topological polar surface area (TPSA) is 49.3 Å². The van der Waals surface area contributed by atoms with Gasteiger partial charge in [-0.05, 0) is 24.5 Å². The van der Waals surface area contributed by atoms with E-state index in [2.05, 4.69) is 20.9 Å². The fourth-order valence-corrected chi connectivity index (χ4v) is 4.24. The van der Waals surface area contributed by atoms with Crippen LogP contribution in [0.1, 0.15) is 28.9 Å². The molecule has 6 heteroatoms. The van der Waals surface area contributed by atoms with Crippen LogP contribution in [0.2, 0.25) is 0 Å². The minimum Gasteiger partial charge on any atom is -0.333 e. The van der Waals surface area contributed by atoms with Crippen molar-refractivity contribution in [2.75, 3.05) is 13.1 Å². The molecular formula is C16H18N4OS. The van der Waals surface area contributed by atoms with Crippen molar-refractivity contribution in [2.45, 2.75) is 31.5 Å². The number of rotatable bonds is 3. The van der Waals surface area contributed by atoms with E-state index in [9.17, 15) is 4.79 Å². The van der Waals surface area contributed by atoms with E-state index in [1.54, 1.807) is 11.7 Å². The third kappa shape index (κ3) is 2.42. The second-order valence-corrected chi connectivity index (χ2v) is 6.63. The number of hydrogen-bond acceptors (Lipinski definition) is 5. The lowest BCUT2D eigenvalue weighted by Crippen LogP contribution is -2.39. The normalized spacial score (nSPS) is 24.6. The Morgan fingerprint density at radius 3 is 3.00 bits per heavy atom. The molecule has 2 aromatic heterocycles. The van der Waals surface area contributed by atoms with Gasteiger partial charge in [-0.1, -0.05) is 6.07 Å². The number of amides is 1. The molecule has 1 amide bonds. The first-order valence-corrected chi connectivity index (χ1v) is 8.59. The number of nitrogens with zero attached hydrogens (tertiary/aromatic N) is 4. The molecule has 0 radical (unpaired) electrons. The fraction of sp³-hybridized carbons (Fsp3) is 0.438. The van der Waals surface area contributed by atoms with Gasteiger partial charge in [0.05, 0.1) is 5.51 Å². The lowest BCUT2D eigenvalue weighted by molar-refractivity contribution is 0.0727. The molecule has 0 spiro atoms. The predicted molar refractivity (Wildman–Crippen MR) is 84.6 cm³/mol. The number of pyridine rings is 1. The summed E-state index contributed by atoms with van der Waals surface area (Å²) in [4.78, 5) is 25.4. The third-order valence-electron chi connectivity index (χ3n) is 4.71. The molecule has 5 nitrogen and oxygen atoms in total. The quantitative estimate of drug-likeness (QED) is 0.870. The monoisotopic (exact) mass is 314 g/mol. The summed E-state index contributed by atoms with van der Waals surface area (Å²) in [5.74, 6) is 0.0944. The zero-order valence-electron chi connectivity index (χ0n) is 12.3. The lowest BCUT2D eigenvalue weighted by atomic mass is 10.1. The summed E-state index contributed by atoms with van der Waals surface area (Å²) < 4.78 is 0. The maximum atomic E-state index is 12.6. The van der Waals surface area contributed by atoms with E-state index in [4.69, 9.17) is 0 Å². The summed E-state index contributed by atoms with van der Waals surface area (Å²) in [6, 6.07) is 4.91. The van der Waals surface area contributed by atoms with Crippen LogP contribution in [-0.4, -0.2) is 50.8 Å². The van der Waals surface area contributed by atoms with E-state index in [1.807, 2.05) is 22.5 Å². The first kappa shape index (κ1) is 13.8. The van der Waals surface area contributed by atoms with Crippen molar-refractivity contribution in [1.29, 1.82) is 0 Å². The maximum Gasteiger partial charge on any atom is 0.273 e. The molecule has 2 atom stereocenters. The molecule has 0 unspecified atom stereocenters. The average molecular weight is 314 g/mol. The minimum absolute atomic E-state index is 0.0944. The summed E-state index contributed by atoms with van der Waals surface area (Å²) in [7, 11) is 0. The molecule has 22 heavy (non-hydrogen) atoms. The molecule has 4 rings (SSSR count). The molecule has 4 heterocycles. The summed E-state index contributed by atoms with van der Waals surface area (Å²) in [5, 5.41) is 1.85. The average Bonchev–Trinajstić information content (AvgIpc) is 3.26. The molecular weight excluding hydrogens is 296 g/mol. The van der Waals surface area contributed by atoms with Gasteiger partial charge in [-0.3, -0.25) is 14.7 Å². The molecule has 2 aliphatic heterocycles. The van der Waals surface area contributed by atoms with E-state index in [0.29, 0.717) is 17.8 Å². The zero-order valence-corrected chi connectivity index (χ0v) is 13.1. The number of fused-ring (bicyclic) bond motifs is 1. The molecule has 0 bridgehead atoms. The molecule has 2 fully saturated rings. The first-order valence-electron chi connectivity index (χ1n) is 7.65. The molecule has 2 aromatic rings. The molecule has 0 N–H and O–H groups in total.